The molecule has 0 saturated heterocycles. The number of nitrogens with zero attached hydrogens (tertiary/aromatic N) is 2. The molecule has 41 heavy (non-hydrogen) atoms. The Morgan fingerprint density at radius 3 is 2.20 bits per heavy atom. The van der Waals surface area contributed by atoms with Gasteiger partial charge in [0.25, 0.3) is 10.0 Å². The summed E-state index contributed by atoms with van der Waals surface area (Å²) in [6.07, 6.45) is 0.693. The summed E-state index contributed by atoms with van der Waals surface area (Å²) >= 11 is 18.7. The third kappa shape index (κ3) is 8.29. The highest BCUT2D eigenvalue weighted by Gasteiger charge is 2.33. The molecule has 0 fully saturated rings. The van der Waals surface area contributed by atoms with E-state index in [1.54, 1.807) is 37.3 Å². The number of hydrogen-bond acceptors (Lipinski definition) is 5. The van der Waals surface area contributed by atoms with Crippen molar-refractivity contribution in [3.05, 3.63) is 87.4 Å². The summed E-state index contributed by atoms with van der Waals surface area (Å²) in [6.45, 7) is 4.70. The van der Waals surface area contributed by atoms with Gasteiger partial charge in [0, 0.05) is 27.7 Å². The Bertz CT molecular complexity index is 1490. The third-order valence-electron chi connectivity index (χ3n) is 6.55. The average Bonchev–Trinajstić information content (AvgIpc) is 2.94. The van der Waals surface area contributed by atoms with Crippen LogP contribution in [0, 0.1) is 0 Å². The lowest BCUT2D eigenvalue weighted by atomic mass is 10.1. The van der Waals surface area contributed by atoms with E-state index in [0.717, 1.165) is 4.31 Å². The largest absolute Gasteiger partial charge is 0.497 e. The molecule has 3 aromatic rings. The highest BCUT2D eigenvalue weighted by Crippen LogP contribution is 2.28. The molecule has 0 aliphatic rings. The maximum absolute atomic E-state index is 14.0. The molecule has 1 N–H and O–H groups in total. The standard InChI is InChI=1S/C29H32Cl3N3O5S/c1-5-19(2)33-29(37)20(3)34(17-21-9-10-23(31)16-27(21)32)28(36)18-35(24-8-6-7-22(30)15-24)41(38,39)26-13-11-25(40-4)12-14-26/h6-16,19-20H,5,17-18H2,1-4H3,(H,33,37). The summed E-state index contributed by atoms with van der Waals surface area (Å²) in [5.74, 6) is -0.536. The van der Waals surface area contributed by atoms with Gasteiger partial charge in [-0.05, 0) is 80.4 Å². The normalized spacial score (nSPS) is 12.8. The van der Waals surface area contributed by atoms with Crippen molar-refractivity contribution in [3.63, 3.8) is 0 Å². The number of anilines is 1. The fraction of sp³-hybridized carbons (Fsp3) is 0.310. The fourth-order valence-electron chi connectivity index (χ4n) is 3.92. The number of methoxy groups -OCH3 is 1. The van der Waals surface area contributed by atoms with Crippen molar-refractivity contribution < 1.29 is 22.7 Å². The van der Waals surface area contributed by atoms with E-state index in [4.69, 9.17) is 39.5 Å². The number of sulfonamides is 1. The summed E-state index contributed by atoms with van der Waals surface area (Å²) in [5, 5.41) is 3.89. The number of ether oxygens (including phenoxy) is 1. The maximum atomic E-state index is 14.0. The average molecular weight is 641 g/mol. The number of rotatable bonds is 12. The summed E-state index contributed by atoms with van der Waals surface area (Å²) in [4.78, 5) is 28.4. The van der Waals surface area contributed by atoms with E-state index in [9.17, 15) is 18.0 Å². The highest BCUT2D eigenvalue weighted by molar-refractivity contribution is 7.92. The van der Waals surface area contributed by atoms with Gasteiger partial charge in [-0.25, -0.2) is 8.42 Å². The first-order chi connectivity index (χ1) is 19.4. The van der Waals surface area contributed by atoms with Crippen LogP contribution in [0.1, 0.15) is 32.8 Å². The van der Waals surface area contributed by atoms with Crippen LogP contribution in [-0.4, -0.2) is 50.9 Å². The molecule has 0 saturated carbocycles. The molecule has 0 spiro atoms. The van der Waals surface area contributed by atoms with Gasteiger partial charge in [-0.1, -0.05) is 53.9 Å². The predicted octanol–water partition coefficient (Wildman–Crippen LogP) is 6.18. The molecule has 12 heteroatoms. The number of halogens is 3. The summed E-state index contributed by atoms with van der Waals surface area (Å²) in [7, 11) is -2.78. The number of hydrogen-bond donors (Lipinski definition) is 1. The van der Waals surface area contributed by atoms with E-state index in [1.165, 1.54) is 48.4 Å². The second-order valence-corrected chi connectivity index (χ2v) is 12.6. The number of benzene rings is 3. The first-order valence-corrected chi connectivity index (χ1v) is 15.4. The molecule has 2 unspecified atom stereocenters. The van der Waals surface area contributed by atoms with E-state index in [2.05, 4.69) is 5.32 Å². The van der Waals surface area contributed by atoms with Crippen LogP contribution in [0.3, 0.4) is 0 Å². The SMILES string of the molecule is CCC(C)NC(=O)C(C)N(Cc1ccc(Cl)cc1Cl)C(=O)CN(c1cccc(Cl)c1)S(=O)(=O)c1ccc(OC)cc1. The lowest BCUT2D eigenvalue weighted by molar-refractivity contribution is -0.139. The van der Waals surface area contributed by atoms with Gasteiger partial charge < -0.3 is 15.0 Å². The van der Waals surface area contributed by atoms with Crippen molar-refractivity contribution in [3.8, 4) is 5.75 Å². The molecular weight excluding hydrogens is 609 g/mol. The number of carbonyl (C=O) groups is 2. The van der Waals surface area contributed by atoms with Gasteiger partial charge in [-0.3, -0.25) is 13.9 Å². The van der Waals surface area contributed by atoms with Gasteiger partial charge in [0.05, 0.1) is 17.7 Å². The Kier molecular flexibility index (Phi) is 11.3. The van der Waals surface area contributed by atoms with Crippen LogP contribution in [0.2, 0.25) is 15.1 Å². The van der Waals surface area contributed by atoms with Gasteiger partial charge in [0.1, 0.15) is 18.3 Å². The minimum Gasteiger partial charge on any atom is -0.497 e. The topological polar surface area (TPSA) is 96.0 Å². The van der Waals surface area contributed by atoms with Crippen LogP contribution < -0.4 is 14.4 Å². The van der Waals surface area contributed by atoms with Crippen LogP contribution >= 0.6 is 34.8 Å². The van der Waals surface area contributed by atoms with Crippen molar-refractivity contribution in [1.29, 1.82) is 0 Å². The van der Waals surface area contributed by atoms with Gasteiger partial charge in [-0.15, -0.1) is 0 Å². The molecule has 3 rings (SSSR count). The lowest BCUT2D eigenvalue weighted by Crippen LogP contribution is -2.52. The molecule has 0 aromatic heterocycles. The lowest BCUT2D eigenvalue weighted by Gasteiger charge is -2.32. The Morgan fingerprint density at radius 2 is 1.61 bits per heavy atom. The second kappa shape index (κ2) is 14.3. The first kappa shape index (κ1) is 32.5. The third-order valence-corrected chi connectivity index (χ3v) is 9.16. The maximum Gasteiger partial charge on any atom is 0.264 e. The molecule has 0 heterocycles. The van der Waals surface area contributed by atoms with Crippen LogP contribution in [-0.2, 0) is 26.2 Å². The van der Waals surface area contributed by atoms with E-state index in [0.29, 0.717) is 27.8 Å². The molecule has 8 nitrogen and oxygen atoms in total. The Hall–Kier alpha value is -2.98. The minimum absolute atomic E-state index is 0.0547. The summed E-state index contributed by atoms with van der Waals surface area (Å²) < 4.78 is 33.9. The summed E-state index contributed by atoms with van der Waals surface area (Å²) in [6, 6.07) is 15.7. The number of amides is 2. The van der Waals surface area contributed by atoms with Crippen molar-refractivity contribution in [1.82, 2.24) is 10.2 Å². The van der Waals surface area contributed by atoms with Crippen molar-refractivity contribution in [2.24, 2.45) is 0 Å². The molecule has 0 radical (unpaired) electrons. The molecular formula is C29H32Cl3N3O5S. The number of carbonyl (C=O) groups excluding carboxylic acids is 2. The zero-order chi connectivity index (χ0) is 30.3. The zero-order valence-corrected chi connectivity index (χ0v) is 26.2. The molecule has 3 aromatic carbocycles. The summed E-state index contributed by atoms with van der Waals surface area (Å²) in [5.41, 5.74) is 0.725. The van der Waals surface area contributed by atoms with Gasteiger partial charge >= 0.3 is 0 Å². The molecule has 2 amide bonds. The highest BCUT2D eigenvalue weighted by atomic mass is 35.5. The molecule has 0 bridgehead atoms. The van der Waals surface area contributed by atoms with Gasteiger partial charge in [0.2, 0.25) is 11.8 Å². The molecule has 0 aliphatic carbocycles. The van der Waals surface area contributed by atoms with Crippen molar-refractivity contribution in [2.45, 2.75) is 50.7 Å². The zero-order valence-electron chi connectivity index (χ0n) is 23.1. The van der Waals surface area contributed by atoms with Crippen LogP contribution in [0.25, 0.3) is 0 Å². The van der Waals surface area contributed by atoms with Crippen LogP contribution in [0.4, 0.5) is 5.69 Å². The fourth-order valence-corrected chi connectivity index (χ4v) is 5.98. The van der Waals surface area contributed by atoms with Crippen LogP contribution in [0.5, 0.6) is 5.75 Å². The molecule has 220 valence electrons. The van der Waals surface area contributed by atoms with E-state index >= 15 is 0 Å². The van der Waals surface area contributed by atoms with Crippen LogP contribution in [0.15, 0.2) is 71.6 Å². The monoisotopic (exact) mass is 639 g/mol. The predicted molar refractivity (Wildman–Crippen MR) is 163 cm³/mol. The minimum atomic E-state index is -4.25. The molecule has 2 atom stereocenters. The van der Waals surface area contributed by atoms with Gasteiger partial charge in [-0.2, -0.15) is 0 Å². The van der Waals surface area contributed by atoms with E-state index in [-0.39, 0.29) is 34.1 Å². The van der Waals surface area contributed by atoms with E-state index in [1.807, 2.05) is 13.8 Å². The van der Waals surface area contributed by atoms with Crippen molar-refractivity contribution in [2.75, 3.05) is 18.0 Å². The second-order valence-electron chi connectivity index (χ2n) is 9.42. The van der Waals surface area contributed by atoms with Crippen molar-refractivity contribution >= 4 is 62.3 Å². The smallest absolute Gasteiger partial charge is 0.264 e. The Balaban J connectivity index is 2.05. The Morgan fingerprint density at radius 1 is 0.951 bits per heavy atom. The molecule has 0 aliphatic heterocycles. The Labute approximate surface area is 256 Å². The van der Waals surface area contributed by atoms with E-state index < -0.39 is 28.5 Å². The van der Waals surface area contributed by atoms with Gasteiger partial charge in [0.15, 0.2) is 0 Å². The quantitative estimate of drug-likeness (QED) is 0.255. The first-order valence-electron chi connectivity index (χ1n) is 12.8. The number of nitrogens with one attached hydrogen (secondary N) is 1.